The largest absolute Gasteiger partial charge is 0.324 e. The first-order valence-electron chi connectivity index (χ1n) is 6.01. The van der Waals surface area contributed by atoms with E-state index in [4.69, 9.17) is 5.73 Å². The molecule has 1 aliphatic carbocycles. The first-order valence-corrected chi connectivity index (χ1v) is 6.01. The Morgan fingerprint density at radius 1 is 1.50 bits per heavy atom. The van der Waals surface area contributed by atoms with Crippen LogP contribution in [0.1, 0.15) is 38.9 Å². The first-order chi connectivity index (χ1) is 7.49. The third-order valence-corrected chi connectivity index (χ3v) is 3.88. The van der Waals surface area contributed by atoms with Crippen molar-refractivity contribution in [2.45, 2.75) is 45.1 Å². The minimum absolute atomic E-state index is 0.143. The van der Waals surface area contributed by atoms with E-state index >= 15 is 0 Å². The summed E-state index contributed by atoms with van der Waals surface area (Å²) in [5, 5.41) is 12.1. The third kappa shape index (κ3) is 2.24. The summed E-state index contributed by atoms with van der Waals surface area (Å²) in [6, 6.07) is 0. The molecule has 1 aromatic heterocycles. The summed E-state index contributed by atoms with van der Waals surface area (Å²) in [6.45, 7) is 4.54. The van der Waals surface area contributed by atoms with Gasteiger partial charge in [-0.25, -0.2) is 0 Å². The molecule has 2 N–H and O–H groups in total. The third-order valence-electron chi connectivity index (χ3n) is 3.88. The Morgan fingerprint density at radius 2 is 2.25 bits per heavy atom. The average molecular weight is 223 g/mol. The Balaban J connectivity index is 2.07. The van der Waals surface area contributed by atoms with Gasteiger partial charge in [0.2, 0.25) is 0 Å². The fourth-order valence-electron chi connectivity index (χ4n) is 2.67. The molecular weight excluding hydrogens is 202 g/mol. The van der Waals surface area contributed by atoms with E-state index in [2.05, 4.69) is 29.3 Å². The van der Waals surface area contributed by atoms with Crippen LogP contribution in [0.4, 0.5) is 0 Å². The van der Waals surface area contributed by atoms with Crippen LogP contribution in [0.5, 0.6) is 0 Å². The lowest BCUT2D eigenvalue weighted by atomic mass is 9.69. The molecule has 16 heavy (non-hydrogen) atoms. The quantitative estimate of drug-likeness (QED) is 0.809. The van der Waals surface area contributed by atoms with Gasteiger partial charge in [0.05, 0.1) is 7.05 Å². The van der Waals surface area contributed by atoms with E-state index in [-0.39, 0.29) is 5.54 Å². The maximum atomic E-state index is 6.49. The molecule has 1 fully saturated rings. The van der Waals surface area contributed by atoms with E-state index in [0.29, 0.717) is 5.92 Å². The summed E-state index contributed by atoms with van der Waals surface area (Å²) in [7, 11) is 1.78. The molecule has 3 atom stereocenters. The fourth-order valence-corrected chi connectivity index (χ4v) is 2.67. The van der Waals surface area contributed by atoms with Crippen LogP contribution in [0.15, 0.2) is 0 Å². The number of tetrazole rings is 1. The smallest absolute Gasteiger partial charge is 0.176 e. The zero-order valence-corrected chi connectivity index (χ0v) is 10.3. The lowest BCUT2D eigenvalue weighted by Crippen LogP contribution is -2.51. The monoisotopic (exact) mass is 223 g/mol. The summed E-state index contributed by atoms with van der Waals surface area (Å²) in [4.78, 5) is 1.49. The van der Waals surface area contributed by atoms with Crippen molar-refractivity contribution in [1.29, 1.82) is 0 Å². The fraction of sp³-hybridized carbons (Fsp3) is 0.909. The lowest BCUT2D eigenvalue weighted by molar-refractivity contribution is 0.161. The van der Waals surface area contributed by atoms with Crippen molar-refractivity contribution < 1.29 is 0 Å². The van der Waals surface area contributed by atoms with Crippen LogP contribution < -0.4 is 5.73 Å². The maximum absolute atomic E-state index is 6.49. The Hall–Kier alpha value is -0.970. The van der Waals surface area contributed by atoms with Gasteiger partial charge in [0, 0.05) is 12.0 Å². The Bertz CT molecular complexity index is 361. The van der Waals surface area contributed by atoms with Crippen LogP contribution in [0.25, 0.3) is 0 Å². The highest BCUT2D eigenvalue weighted by atomic mass is 15.6. The van der Waals surface area contributed by atoms with Crippen LogP contribution in [0.3, 0.4) is 0 Å². The molecule has 90 valence electrons. The van der Waals surface area contributed by atoms with Gasteiger partial charge in [-0.15, -0.1) is 10.2 Å². The molecule has 0 radical (unpaired) electrons. The molecule has 0 bridgehead atoms. The highest BCUT2D eigenvalue weighted by Gasteiger charge is 2.37. The second-order valence-corrected chi connectivity index (χ2v) is 5.39. The van der Waals surface area contributed by atoms with Gasteiger partial charge in [-0.2, -0.15) is 4.80 Å². The zero-order valence-electron chi connectivity index (χ0n) is 10.3. The summed E-state index contributed by atoms with van der Waals surface area (Å²) >= 11 is 0. The first kappa shape index (κ1) is 11.5. The average Bonchev–Trinajstić information content (AvgIpc) is 2.59. The molecule has 1 saturated carbocycles. The molecular formula is C11H21N5. The molecule has 0 aliphatic heterocycles. The van der Waals surface area contributed by atoms with Crippen LogP contribution in [-0.4, -0.2) is 25.7 Å². The molecule has 3 unspecified atom stereocenters. The zero-order chi connectivity index (χ0) is 11.8. The Morgan fingerprint density at radius 3 is 2.81 bits per heavy atom. The van der Waals surface area contributed by atoms with Crippen LogP contribution in [-0.2, 0) is 13.5 Å². The number of nitrogens with two attached hydrogens (primary N) is 1. The van der Waals surface area contributed by atoms with Crippen molar-refractivity contribution in [3.63, 3.8) is 0 Å². The van der Waals surface area contributed by atoms with Gasteiger partial charge in [0.25, 0.3) is 0 Å². The molecule has 2 rings (SSSR count). The number of hydrogen-bond donors (Lipinski definition) is 1. The summed E-state index contributed by atoms with van der Waals surface area (Å²) in [5.74, 6) is 2.09. The van der Waals surface area contributed by atoms with Crippen LogP contribution in [0.2, 0.25) is 0 Å². The van der Waals surface area contributed by atoms with Gasteiger partial charge in [-0.05, 0) is 36.3 Å². The molecule has 1 heterocycles. The molecule has 5 nitrogen and oxygen atoms in total. The number of aromatic nitrogens is 4. The number of nitrogens with zero attached hydrogens (tertiary/aromatic N) is 4. The van der Waals surface area contributed by atoms with Crippen molar-refractivity contribution in [1.82, 2.24) is 20.2 Å². The van der Waals surface area contributed by atoms with E-state index in [1.54, 1.807) is 7.05 Å². The molecule has 1 aliphatic rings. The Kier molecular flexibility index (Phi) is 2.97. The SMILES string of the molecule is CC1CCC(N)(Cc2nnn(C)n2)C(C)C1. The number of aryl methyl sites for hydroxylation is 1. The van der Waals surface area contributed by atoms with E-state index in [1.165, 1.54) is 17.6 Å². The van der Waals surface area contributed by atoms with Crippen molar-refractivity contribution in [3.8, 4) is 0 Å². The van der Waals surface area contributed by atoms with Crippen molar-refractivity contribution in [2.75, 3.05) is 0 Å². The predicted molar refractivity (Wildman–Crippen MR) is 61.6 cm³/mol. The minimum atomic E-state index is -0.143. The minimum Gasteiger partial charge on any atom is -0.324 e. The molecule has 0 aromatic carbocycles. The normalized spacial score (nSPS) is 35.2. The van der Waals surface area contributed by atoms with Crippen molar-refractivity contribution >= 4 is 0 Å². The molecule has 0 amide bonds. The van der Waals surface area contributed by atoms with Crippen LogP contribution in [0, 0.1) is 11.8 Å². The Labute approximate surface area is 96.4 Å². The molecule has 5 heteroatoms. The second-order valence-electron chi connectivity index (χ2n) is 5.39. The second kappa shape index (κ2) is 4.13. The van der Waals surface area contributed by atoms with Gasteiger partial charge < -0.3 is 5.73 Å². The van der Waals surface area contributed by atoms with Crippen molar-refractivity contribution in [3.05, 3.63) is 5.82 Å². The van der Waals surface area contributed by atoms with E-state index in [9.17, 15) is 0 Å². The van der Waals surface area contributed by atoms with Gasteiger partial charge in [0.1, 0.15) is 0 Å². The number of rotatable bonds is 2. The van der Waals surface area contributed by atoms with Crippen molar-refractivity contribution in [2.24, 2.45) is 24.6 Å². The lowest BCUT2D eigenvalue weighted by Gasteiger charge is -2.41. The maximum Gasteiger partial charge on any atom is 0.176 e. The highest BCUT2D eigenvalue weighted by molar-refractivity contribution is 5.00. The summed E-state index contributed by atoms with van der Waals surface area (Å²) < 4.78 is 0. The standard InChI is InChI=1S/C11H21N5/c1-8-4-5-11(12,9(2)6-8)7-10-13-15-16(3)14-10/h8-9H,4-7,12H2,1-3H3. The number of hydrogen-bond acceptors (Lipinski definition) is 4. The van der Waals surface area contributed by atoms with Gasteiger partial charge in [-0.1, -0.05) is 13.8 Å². The van der Waals surface area contributed by atoms with Crippen LogP contribution >= 0.6 is 0 Å². The van der Waals surface area contributed by atoms with E-state index in [1.807, 2.05) is 0 Å². The summed E-state index contributed by atoms with van der Waals surface area (Å²) in [5.41, 5.74) is 6.35. The summed E-state index contributed by atoms with van der Waals surface area (Å²) in [6.07, 6.45) is 4.22. The predicted octanol–water partition coefficient (Wildman–Crippen LogP) is 0.906. The van der Waals surface area contributed by atoms with Gasteiger partial charge in [0.15, 0.2) is 5.82 Å². The topological polar surface area (TPSA) is 69.6 Å². The highest BCUT2D eigenvalue weighted by Crippen LogP contribution is 2.36. The molecule has 1 aromatic rings. The van der Waals surface area contributed by atoms with E-state index in [0.717, 1.165) is 24.6 Å². The molecule has 0 spiro atoms. The van der Waals surface area contributed by atoms with E-state index < -0.39 is 0 Å². The molecule has 0 saturated heterocycles. The van der Waals surface area contributed by atoms with Gasteiger partial charge >= 0.3 is 0 Å². The van der Waals surface area contributed by atoms with Gasteiger partial charge in [-0.3, -0.25) is 0 Å².